The lowest BCUT2D eigenvalue weighted by atomic mass is 10.0. The van der Waals surface area contributed by atoms with Crippen molar-refractivity contribution in [2.75, 3.05) is 0 Å². The predicted molar refractivity (Wildman–Crippen MR) is 120 cm³/mol. The Morgan fingerprint density at radius 2 is 1.18 bits per heavy atom. The molecule has 1 N–H and O–H groups in total. The van der Waals surface area contributed by atoms with Crippen molar-refractivity contribution in [2.45, 2.75) is 0 Å². The molecule has 28 heavy (non-hydrogen) atoms. The first-order valence-corrected chi connectivity index (χ1v) is 10.1. The third kappa shape index (κ3) is 3.63. The minimum Gasteiger partial charge on any atom is -0.337 e. The van der Waals surface area contributed by atoms with Crippen LogP contribution in [0.5, 0.6) is 0 Å². The van der Waals surface area contributed by atoms with E-state index in [1.54, 1.807) is 42.5 Å². The summed E-state index contributed by atoms with van der Waals surface area (Å²) in [5.41, 5.74) is 3.21. The van der Waals surface area contributed by atoms with E-state index >= 15 is 0 Å². The van der Waals surface area contributed by atoms with Crippen molar-refractivity contribution in [3.8, 4) is 33.9 Å². The topological polar surface area (TPSA) is 28.7 Å². The molecule has 2 nitrogen and oxygen atoms in total. The molecule has 4 aromatic rings. The Morgan fingerprint density at radius 1 is 0.643 bits per heavy atom. The minimum atomic E-state index is 0.473. The summed E-state index contributed by atoms with van der Waals surface area (Å²) in [6.45, 7) is 0. The monoisotopic (exact) mass is 466 g/mol. The maximum Gasteiger partial charge on any atom is 0.138 e. The normalized spacial score (nSPS) is 11.0. The largest absolute Gasteiger partial charge is 0.337 e. The number of halogens is 5. The second-order valence-corrected chi connectivity index (χ2v) is 8.08. The zero-order valence-corrected chi connectivity index (χ0v) is 17.9. The van der Waals surface area contributed by atoms with E-state index in [1.807, 2.05) is 18.2 Å². The summed E-state index contributed by atoms with van der Waals surface area (Å²) in [7, 11) is 0. The van der Waals surface area contributed by atoms with Crippen LogP contribution >= 0.6 is 58.0 Å². The molecule has 0 fully saturated rings. The molecule has 0 aliphatic heterocycles. The van der Waals surface area contributed by atoms with Gasteiger partial charge in [0.2, 0.25) is 0 Å². The first kappa shape index (κ1) is 19.6. The fourth-order valence-corrected chi connectivity index (χ4v) is 4.32. The molecular weight excluding hydrogens is 458 g/mol. The van der Waals surface area contributed by atoms with Crippen molar-refractivity contribution in [3.05, 3.63) is 85.8 Å². The van der Waals surface area contributed by atoms with Crippen molar-refractivity contribution in [1.82, 2.24) is 9.97 Å². The molecule has 1 heterocycles. The highest BCUT2D eigenvalue weighted by Crippen LogP contribution is 2.44. The highest BCUT2D eigenvalue weighted by molar-refractivity contribution is 6.41. The van der Waals surface area contributed by atoms with E-state index in [2.05, 4.69) is 4.98 Å². The number of nitrogens with zero attached hydrogens (tertiary/aromatic N) is 1. The number of hydrogen-bond acceptors (Lipinski definition) is 1. The molecule has 0 unspecified atom stereocenters. The van der Waals surface area contributed by atoms with Gasteiger partial charge >= 0.3 is 0 Å². The van der Waals surface area contributed by atoms with Crippen LogP contribution in [-0.2, 0) is 0 Å². The van der Waals surface area contributed by atoms with E-state index in [-0.39, 0.29) is 0 Å². The maximum absolute atomic E-state index is 6.46. The van der Waals surface area contributed by atoms with Crippen molar-refractivity contribution >= 4 is 58.0 Å². The number of imidazole rings is 1. The molecule has 0 amide bonds. The van der Waals surface area contributed by atoms with Gasteiger partial charge in [0.15, 0.2) is 0 Å². The number of hydrogen-bond donors (Lipinski definition) is 1. The van der Waals surface area contributed by atoms with Crippen LogP contribution in [0.3, 0.4) is 0 Å². The molecule has 4 rings (SSSR count). The summed E-state index contributed by atoms with van der Waals surface area (Å²) in [5.74, 6) is 0.597. The van der Waals surface area contributed by atoms with Gasteiger partial charge in [-0.1, -0.05) is 82.3 Å². The van der Waals surface area contributed by atoms with Crippen molar-refractivity contribution < 1.29 is 0 Å². The summed E-state index contributed by atoms with van der Waals surface area (Å²) in [4.78, 5) is 8.09. The van der Waals surface area contributed by atoms with Crippen LogP contribution in [0.4, 0.5) is 0 Å². The van der Waals surface area contributed by atoms with Crippen LogP contribution in [0.25, 0.3) is 33.9 Å². The summed E-state index contributed by atoms with van der Waals surface area (Å²) < 4.78 is 0. The standard InChI is InChI=1S/C21H11Cl5N2/c22-12-5-1-4-11(10-12)21-27-19(17-13(23)6-2-7-14(17)24)20(28-21)18-15(25)8-3-9-16(18)26/h1-10H,(H,27,28). The number of aromatic nitrogens is 2. The zero-order chi connectivity index (χ0) is 19.8. The summed E-state index contributed by atoms with van der Waals surface area (Å²) in [6.07, 6.45) is 0. The summed E-state index contributed by atoms with van der Waals surface area (Å²) in [5, 5.41) is 2.52. The summed E-state index contributed by atoms with van der Waals surface area (Å²) in [6, 6.07) is 18.0. The first-order chi connectivity index (χ1) is 13.5. The van der Waals surface area contributed by atoms with E-state index in [9.17, 15) is 0 Å². The molecule has 0 saturated heterocycles. The molecule has 3 aromatic carbocycles. The second-order valence-electron chi connectivity index (χ2n) is 6.01. The van der Waals surface area contributed by atoms with Gasteiger partial charge in [-0.2, -0.15) is 0 Å². The van der Waals surface area contributed by atoms with E-state index in [0.717, 1.165) is 5.56 Å². The molecule has 0 spiro atoms. The number of aromatic amines is 1. The second kappa shape index (κ2) is 7.98. The predicted octanol–water partition coefficient (Wildman–Crippen LogP) is 8.68. The highest BCUT2D eigenvalue weighted by atomic mass is 35.5. The van der Waals surface area contributed by atoms with E-state index in [4.69, 9.17) is 63.0 Å². The third-order valence-electron chi connectivity index (χ3n) is 4.21. The lowest BCUT2D eigenvalue weighted by Gasteiger charge is -2.10. The minimum absolute atomic E-state index is 0.473. The molecular formula is C21H11Cl5N2. The fourth-order valence-electron chi connectivity index (χ4n) is 2.97. The van der Waals surface area contributed by atoms with E-state index in [1.165, 1.54) is 0 Å². The van der Waals surface area contributed by atoms with E-state index in [0.29, 0.717) is 53.5 Å². The quantitative estimate of drug-likeness (QED) is 0.320. The van der Waals surface area contributed by atoms with Crippen LogP contribution in [-0.4, -0.2) is 9.97 Å². The van der Waals surface area contributed by atoms with Gasteiger partial charge in [-0.05, 0) is 36.4 Å². The highest BCUT2D eigenvalue weighted by Gasteiger charge is 2.22. The van der Waals surface area contributed by atoms with Gasteiger partial charge in [-0.25, -0.2) is 4.98 Å². The van der Waals surface area contributed by atoms with Gasteiger partial charge in [0.05, 0.1) is 31.5 Å². The summed E-state index contributed by atoms with van der Waals surface area (Å²) >= 11 is 32.0. The Labute approximate surface area is 187 Å². The van der Waals surface area contributed by atoms with Crippen molar-refractivity contribution in [2.24, 2.45) is 0 Å². The van der Waals surface area contributed by atoms with Gasteiger partial charge in [-0.15, -0.1) is 0 Å². The van der Waals surface area contributed by atoms with Crippen molar-refractivity contribution in [3.63, 3.8) is 0 Å². The van der Waals surface area contributed by atoms with Crippen LogP contribution in [0.2, 0.25) is 25.1 Å². The smallest absolute Gasteiger partial charge is 0.138 e. The van der Waals surface area contributed by atoms with Gasteiger partial charge in [-0.3, -0.25) is 0 Å². The number of H-pyrrole nitrogens is 1. The van der Waals surface area contributed by atoms with Crippen LogP contribution in [0.15, 0.2) is 60.7 Å². The molecule has 0 bridgehead atoms. The number of nitrogens with one attached hydrogen (secondary N) is 1. The molecule has 1 aromatic heterocycles. The SMILES string of the molecule is Clc1cccc(-c2nc(-c3c(Cl)cccc3Cl)c(-c3c(Cl)cccc3Cl)[nH]2)c1. The molecule has 0 saturated carbocycles. The Balaban J connectivity index is 2.04. The number of benzene rings is 3. The molecule has 0 aliphatic carbocycles. The zero-order valence-electron chi connectivity index (χ0n) is 14.1. The van der Waals surface area contributed by atoms with Gasteiger partial charge in [0.1, 0.15) is 5.82 Å². The molecule has 7 heteroatoms. The Kier molecular flexibility index (Phi) is 5.59. The maximum atomic E-state index is 6.46. The van der Waals surface area contributed by atoms with Gasteiger partial charge in [0, 0.05) is 21.7 Å². The average Bonchev–Trinajstić information content (AvgIpc) is 3.06. The van der Waals surface area contributed by atoms with Gasteiger partial charge < -0.3 is 4.98 Å². The van der Waals surface area contributed by atoms with Crippen molar-refractivity contribution in [1.29, 1.82) is 0 Å². The Hall–Kier alpha value is -1.68. The average molecular weight is 469 g/mol. The number of rotatable bonds is 3. The Bertz CT molecular complexity index is 1070. The molecule has 0 radical (unpaired) electrons. The van der Waals surface area contributed by atoms with Crippen LogP contribution in [0.1, 0.15) is 0 Å². The lowest BCUT2D eigenvalue weighted by molar-refractivity contribution is 1.31. The molecule has 0 atom stereocenters. The molecule has 140 valence electrons. The van der Waals surface area contributed by atoms with Crippen LogP contribution < -0.4 is 0 Å². The first-order valence-electron chi connectivity index (χ1n) is 8.20. The molecule has 0 aliphatic rings. The van der Waals surface area contributed by atoms with Gasteiger partial charge in [0.25, 0.3) is 0 Å². The van der Waals surface area contributed by atoms with Crippen LogP contribution in [0, 0.1) is 0 Å². The third-order valence-corrected chi connectivity index (χ3v) is 5.71. The lowest BCUT2D eigenvalue weighted by Crippen LogP contribution is -1.88. The fraction of sp³-hybridized carbons (Fsp3) is 0. The van der Waals surface area contributed by atoms with E-state index < -0.39 is 0 Å². The Morgan fingerprint density at radius 3 is 1.75 bits per heavy atom.